The summed E-state index contributed by atoms with van der Waals surface area (Å²) in [5.41, 5.74) is 1.81. The highest BCUT2D eigenvalue weighted by molar-refractivity contribution is 7.92. The molecular formula is C20H18N6O3S. The first-order valence-corrected chi connectivity index (χ1v) is 10.5. The van der Waals surface area contributed by atoms with E-state index in [1.807, 2.05) is 20.2 Å². The van der Waals surface area contributed by atoms with E-state index >= 15 is 0 Å². The second-order valence-corrected chi connectivity index (χ2v) is 8.62. The molecule has 9 nitrogen and oxygen atoms in total. The quantitative estimate of drug-likeness (QED) is 0.628. The lowest BCUT2D eigenvalue weighted by atomic mass is 10.1. The number of fused-ring (bicyclic) bond motifs is 1. The molecule has 152 valence electrons. The summed E-state index contributed by atoms with van der Waals surface area (Å²) in [5, 5.41) is 8.86. The van der Waals surface area contributed by atoms with Gasteiger partial charge in [-0.1, -0.05) is 6.07 Å². The molecule has 1 aliphatic heterocycles. The number of aromatic nitrogens is 3. The first kappa shape index (κ1) is 19.6. The smallest absolute Gasteiger partial charge is 0.266 e. The van der Waals surface area contributed by atoms with Gasteiger partial charge in [0.05, 0.1) is 12.2 Å². The summed E-state index contributed by atoms with van der Waals surface area (Å²) in [6.45, 7) is 0.423. The lowest BCUT2D eigenvalue weighted by Gasteiger charge is -2.30. The maximum absolute atomic E-state index is 13.3. The number of hydrogen-bond donors (Lipinski definition) is 0. The minimum absolute atomic E-state index is 0.0675. The number of ether oxygens (including phenoxy) is 1. The van der Waals surface area contributed by atoms with Crippen molar-refractivity contribution in [3.8, 4) is 22.9 Å². The van der Waals surface area contributed by atoms with Crippen LogP contribution in [0.3, 0.4) is 0 Å². The number of sulfonamides is 1. The Labute approximate surface area is 174 Å². The molecule has 0 saturated carbocycles. The Balaban J connectivity index is 1.74. The molecule has 10 heteroatoms. The average Bonchev–Trinajstić information content (AvgIpc) is 2.78. The Kier molecular flexibility index (Phi) is 4.97. The van der Waals surface area contributed by atoms with E-state index in [1.54, 1.807) is 35.2 Å². The van der Waals surface area contributed by atoms with Gasteiger partial charge in [-0.2, -0.15) is 5.26 Å². The summed E-state index contributed by atoms with van der Waals surface area (Å²) >= 11 is 0. The van der Waals surface area contributed by atoms with Crippen molar-refractivity contribution in [3.63, 3.8) is 0 Å². The van der Waals surface area contributed by atoms with E-state index in [0.717, 1.165) is 0 Å². The van der Waals surface area contributed by atoms with Crippen molar-refractivity contribution in [1.82, 2.24) is 15.0 Å². The fourth-order valence-electron chi connectivity index (χ4n) is 3.07. The Bertz CT molecular complexity index is 1220. The molecular weight excluding hydrogens is 404 g/mol. The molecule has 0 radical (unpaired) electrons. The molecule has 1 aliphatic rings. The Morgan fingerprint density at radius 1 is 1.07 bits per heavy atom. The van der Waals surface area contributed by atoms with Crippen molar-refractivity contribution in [2.45, 2.75) is 4.90 Å². The molecule has 0 saturated heterocycles. The van der Waals surface area contributed by atoms with Crippen molar-refractivity contribution >= 4 is 21.5 Å². The zero-order valence-corrected chi connectivity index (χ0v) is 17.2. The highest BCUT2D eigenvalue weighted by Gasteiger charge is 2.31. The number of anilines is 2. The lowest BCUT2D eigenvalue weighted by Crippen LogP contribution is -2.38. The van der Waals surface area contributed by atoms with Gasteiger partial charge in [0.25, 0.3) is 10.0 Å². The number of benzene rings is 1. The van der Waals surface area contributed by atoms with E-state index in [1.165, 1.54) is 22.9 Å². The Morgan fingerprint density at radius 3 is 2.47 bits per heavy atom. The van der Waals surface area contributed by atoms with E-state index in [9.17, 15) is 8.42 Å². The molecule has 4 rings (SSSR count). The van der Waals surface area contributed by atoms with Crippen LogP contribution in [0.2, 0.25) is 0 Å². The third kappa shape index (κ3) is 3.51. The monoisotopic (exact) mass is 422 g/mol. The molecule has 1 aromatic carbocycles. The Hall–Kier alpha value is -3.71. The van der Waals surface area contributed by atoms with Gasteiger partial charge in [-0.15, -0.1) is 0 Å². The fourth-order valence-corrected chi connectivity index (χ4v) is 4.47. The third-order valence-electron chi connectivity index (χ3n) is 4.63. The zero-order chi connectivity index (χ0) is 21.3. The lowest BCUT2D eigenvalue weighted by molar-refractivity contribution is 0.316. The summed E-state index contributed by atoms with van der Waals surface area (Å²) in [6.07, 6.45) is 4.41. The van der Waals surface area contributed by atoms with Crippen LogP contribution in [0.25, 0.3) is 11.1 Å². The summed E-state index contributed by atoms with van der Waals surface area (Å²) in [7, 11) is -0.157. The largest absolute Gasteiger partial charge is 0.489 e. The van der Waals surface area contributed by atoms with Gasteiger partial charge in [-0.25, -0.2) is 23.4 Å². The van der Waals surface area contributed by atoms with Crippen LogP contribution in [0.5, 0.6) is 5.75 Å². The molecule has 0 spiro atoms. The topological polar surface area (TPSA) is 112 Å². The van der Waals surface area contributed by atoms with Crippen molar-refractivity contribution in [3.05, 3.63) is 54.7 Å². The standard InChI is InChI=1S/C20H18N6O3S/c1-25(2)20-6-4-16(13-24-20)30(27,28)26-7-8-29-18-5-3-14(9-17(18)26)15-11-22-19(10-21)23-12-15/h3-6,9,11-13H,7-8H2,1-2H3. The molecule has 0 N–H and O–H groups in total. The number of hydrogen-bond acceptors (Lipinski definition) is 8. The van der Waals surface area contributed by atoms with Crippen LogP contribution >= 0.6 is 0 Å². The van der Waals surface area contributed by atoms with Gasteiger partial charge in [0.2, 0.25) is 5.82 Å². The van der Waals surface area contributed by atoms with Gasteiger partial charge in [-0.05, 0) is 29.8 Å². The predicted molar refractivity (Wildman–Crippen MR) is 111 cm³/mol. The first-order valence-electron chi connectivity index (χ1n) is 9.05. The normalized spacial score (nSPS) is 13.2. The van der Waals surface area contributed by atoms with Crippen LogP contribution in [-0.4, -0.2) is 50.6 Å². The van der Waals surface area contributed by atoms with Gasteiger partial charge in [-0.3, -0.25) is 4.31 Å². The SMILES string of the molecule is CN(C)c1ccc(S(=O)(=O)N2CCOc3ccc(-c4cnc(C#N)nc4)cc32)cn1. The first-order chi connectivity index (χ1) is 14.4. The van der Waals surface area contributed by atoms with Gasteiger partial charge in [0, 0.05) is 38.2 Å². The number of pyridine rings is 1. The van der Waals surface area contributed by atoms with Crippen LogP contribution in [-0.2, 0) is 10.0 Å². The minimum atomic E-state index is -3.83. The fraction of sp³-hybridized carbons (Fsp3) is 0.200. The molecule has 2 aromatic heterocycles. The summed E-state index contributed by atoms with van der Waals surface area (Å²) < 4.78 is 33.6. The second-order valence-electron chi connectivity index (χ2n) is 6.76. The third-order valence-corrected chi connectivity index (χ3v) is 6.43. The van der Waals surface area contributed by atoms with Crippen molar-refractivity contribution in [1.29, 1.82) is 5.26 Å². The summed E-state index contributed by atoms with van der Waals surface area (Å²) in [4.78, 5) is 14.1. The number of nitriles is 1. The van der Waals surface area contributed by atoms with Gasteiger partial charge in [0.15, 0.2) is 0 Å². The molecule has 3 heterocycles. The molecule has 0 bridgehead atoms. The van der Waals surface area contributed by atoms with E-state index < -0.39 is 10.0 Å². The van der Waals surface area contributed by atoms with Crippen molar-refractivity contribution < 1.29 is 13.2 Å². The highest BCUT2D eigenvalue weighted by atomic mass is 32.2. The Morgan fingerprint density at radius 2 is 1.83 bits per heavy atom. The summed E-state index contributed by atoms with van der Waals surface area (Å²) in [5.74, 6) is 1.21. The number of nitrogens with zero attached hydrogens (tertiary/aromatic N) is 6. The van der Waals surface area contributed by atoms with Crippen LogP contribution in [0.1, 0.15) is 5.82 Å². The minimum Gasteiger partial charge on any atom is -0.489 e. The molecule has 0 unspecified atom stereocenters. The van der Waals surface area contributed by atoms with Crippen molar-refractivity contribution in [2.75, 3.05) is 36.5 Å². The van der Waals surface area contributed by atoms with E-state index in [0.29, 0.717) is 28.4 Å². The van der Waals surface area contributed by atoms with E-state index in [-0.39, 0.29) is 23.9 Å². The van der Waals surface area contributed by atoms with Crippen LogP contribution in [0, 0.1) is 11.3 Å². The molecule has 3 aromatic rings. The maximum atomic E-state index is 13.3. The molecule has 30 heavy (non-hydrogen) atoms. The maximum Gasteiger partial charge on any atom is 0.266 e. The van der Waals surface area contributed by atoms with Crippen LogP contribution in [0.4, 0.5) is 11.5 Å². The predicted octanol–water partition coefficient (Wildman–Crippen LogP) is 2.06. The summed E-state index contributed by atoms with van der Waals surface area (Å²) in [6, 6.07) is 10.3. The number of rotatable bonds is 4. The van der Waals surface area contributed by atoms with Crippen molar-refractivity contribution in [2.24, 2.45) is 0 Å². The highest BCUT2D eigenvalue weighted by Crippen LogP contribution is 2.38. The average molecular weight is 422 g/mol. The van der Waals surface area contributed by atoms with E-state index in [4.69, 9.17) is 10.00 Å². The van der Waals surface area contributed by atoms with Crippen LogP contribution in [0.15, 0.2) is 53.8 Å². The van der Waals surface area contributed by atoms with Gasteiger partial charge < -0.3 is 9.64 Å². The van der Waals surface area contributed by atoms with Gasteiger partial charge >= 0.3 is 0 Å². The van der Waals surface area contributed by atoms with Crippen LogP contribution < -0.4 is 13.9 Å². The molecule has 0 amide bonds. The molecule has 0 aliphatic carbocycles. The molecule has 0 atom stereocenters. The van der Waals surface area contributed by atoms with E-state index in [2.05, 4.69) is 15.0 Å². The zero-order valence-electron chi connectivity index (χ0n) is 16.3. The second kappa shape index (κ2) is 7.61. The molecule has 0 fully saturated rings. The van der Waals surface area contributed by atoms with Gasteiger partial charge in [0.1, 0.15) is 29.1 Å².